The molecule has 3 aromatic rings. The molecule has 2 aromatic carbocycles. The van der Waals surface area contributed by atoms with Crippen LogP contribution in [-0.2, 0) is 14.3 Å². The predicted octanol–water partition coefficient (Wildman–Crippen LogP) is 5.22. The number of hydrogen-bond acceptors (Lipinski definition) is 6. The zero-order valence-corrected chi connectivity index (χ0v) is 22.2. The highest BCUT2D eigenvalue weighted by Gasteiger charge is 2.35. The van der Waals surface area contributed by atoms with E-state index in [0.717, 1.165) is 10.6 Å². The van der Waals surface area contributed by atoms with E-state index in [0.29, 0.717) is 52.8 Å². The van der Waals surface area contributed by atoms with E-state index in [9.17, 15) is 14.9 Å². The monoisotopic (exact) mass is 530 g/mol. The van der Waals surface area contributed by atoms with Gasteiger partial charge in [-0.3, -0.25) is 14.5 Å². The summed E-state index contributed by atoms with van der Waals surface area (Å²) in [6.07, 6.45) is 3.95. The number of ether oxygens (including phenoxy) is 2. The number of carbonyl (C=O) groups is 2. The average molecular weight is 531 g/mol. The number of methoxy groups -OCH3 is 1. The molecule has 0 saturated carbocycles. The van der Waals surface area contributed by atoms with Gasteiger partial charge in [-0.25, -0.2) is 4.68 Å². The van der Waals surface area contributed by atoms with Gasteiger partial charge in [0.15, 0.2) is 0 Å². The molecule has 1 aliphatic heterocycles. The van der Waals surface area contributed by atoms with Crippen LogP contribution < -0.4 is 4.74 Å². The van der Waals surface area contributed by atoms with Crippen LogP contribution in [0.15, 0.2) is 71.4 Å². The molecule has 0 saturated heterocycles. The van der Waals surface area contributed by atoms with Gasteiger partial charge in [0.05, 0.1) is 17.8 Å². The van der Waals surface area contributed by atoms with E-state index in [1.54, 1.807) is 43.1 Å². The number of para-hydroxylation sites is 1. The van der Waals surface area contributed by atoms with Crippen LogP contribution in [-0.4, -0.2) is 53.4 Å². The highest BCUT2D eigenvalue weighted by atomic mass is 35.5. The summed E-state index contributed by atoms with van der Waals surface area (Å²) in [6.45, 7) is 4.59. The number of nitriles is 1. The number of carbonyl (C=O) groups excluding carboxylic acids is 2. The summed E-state index contributed by atoms with van der Waals surface area (Å²) in [5.74, 6) is -0.529. The zero-order valence-electron chi connectivity index (χ0n) is 21.4. The lowest BCUT2D eigenvalue weighted by molar-refractivity contribution is -0.140. The Morgan fingerprint density at radius 1 is 1.13 bits per heavy atom. The number of aromatic nitrogens is 2. The summed E-state index contributed by atoms with van der Waals surface area (Å²) in [4.78, 5) is 27.6. The predicted molar refractivity (Wildman–Crippen MR) is 145 cm³/mol. The second-order valence-electron chi connectivity index (χ2n) is 8.54. The van der Waals surface area contributed by atoms with Crippen LogP contribution >= 0.6 is 11.6 Å². The van der Waals surface area contributed by atoms with E-state index in [2.05, 4.69) is 0 Å². The molecule has 0 radical (unpaired) electrons. The third-order valence-corrected chi connectivity index (χ3v) is 6.48. The third-order valence-electron chi connectivity index (χ3n) is 6.19. The van der Waals surface area contributed by atoms with Gasteiger partial charge in [0.25, 0.3) is 11.8 Å². The Labute approximate surface area is 226 Å². The Morgan fingerprint density at radius 3 is 2.55 bits per heavy atom. The van der Waals surface area contributed by atoms with Crippen LogP contribution in [0.25, 0.3) is 23.0 Å². The van der Waals surface area contributed by atoms with Crippen LogP contribution in [0.5, 0.6) is 5.75 Å². The van der Waals surface area contributed by atoms with Crippen molar-refractivity contribution in [2.24, 2.45) is 0 Å². The van der Waals surface area contributed by atoms with Crippen molar-refractivity contribution in [1.82, 2.24) is 14.7 Å². The minimum absolute atomic E-state index is 0.0586. The molecule has 0 fully saturated rings. The molecule has 1 aromatic heterocycles. The summed E-state index contributed by atoms with van der Waals surface area (Å²) in [5, 5.41) is 14.9. The van der Waals surface area contributed by atoms with Gasteiger partial charge in [-0.1, -0.05) is 29.8 Å². The van der Waals surface area contributed by atoms with Crippen LogP contribution in [0, 0.1) is 11.3 Å². The maximum absolute atomic E-state index is 13.5. The van der Waals surface area contributed by atoms with Gasteiger partial charge in [-0.2, -0.15) is 10.4 Å². The van der Waals surface area contributed by atoms with Crippen LogP contribution in [0.2, 0.25) is 5.02 Å². The fraction of sp³-hybridized carbons (Fsp3) is 0.241. The van der Waals surface area contributed by atoms with E-state index in [-0.39, 0.29) is 17.7 Å². The molecule has 2 heterocycles. The molecule has 0 aliphatic carbocycles. The number of imide groups is 1. The summed E-state index contributed by atoms with van der Waals surface area (Å²) in [7, 11) is 1.54. The number of amides is 2. The van der Waals surface area contributed by atoms with Gasteiger partial charge in [-0.15, -0.1) is 0 Å². The minimum atomic E-state index is -0.592. The normalized spacial score (nSPS) is 14.8. The largest absolute Gasteiger partial charge is 0.495 e. The number of halogens is 1. The molecule has 1 aliphatic rings. The lowest BCUT2D eigenvalue weighted by Crippen LogP contribution is -2.43. The molecular weight excluding hydrogens is 504 g/mol. The molecule has 0 N–H and O–H groups in total. The maximum atomic E-state index is 13.5. The Balaban J connectivity index is 1.84. The summed E-state index contributed by atoms with van der Waals surface area (Å²) in [6, 6.07) is 16.9. The van der Waals surface area contributed by atoms with Crippen molar-refractivity contribution in [3.8, 4) is 28.8 Å². The SMILES string of the molecule is CCOCCCN1C(=O)C(C#N)=C(C)/C(=C\c2cn(-c3ccccc3)nc2-c2ccc(OC)c(Cl)c2)C1=O. The summed E-state index contributed by atoms with van der Waals surface area (Å²) < 4.78 is 12.4. The Kier molecular flexibility index (Phi) is 8.41. The Morgan fingerprint density at radius 2 is 1.89 bits per heavy atom. The van der Waals surface area contributed by atoms with E-state index in [4.69, 9.17) is 26.2 Å². The maximum Gasteiger partial charge on any atom is 0.271 e. The first-order valence-corrected chi connectivity index (χ1v) is 12.5. The Hall–Kier alpha value is -4.19. The van der Waals surface area contributed by atoms with Gasteiger partial charge in [0, 0.05) is 42.7 Å². The first kappa shape index (κ1) is 26.9. The van der Waals surface area contributed by atoms with Gasteiger partial charge in [-0.05, 0) is 62.2 Å². The third kappa shape index (κ3) is 5.40. The van der Waals surface area contributed by atoms with E-state index < -0.39 is 11.8 Å². The van der Waals surface area contributed by atoms with Gasteiger partial charge in [0.2, 0.25) is 0 Å². The quantitative estimate of drug-likeness (QED) is 0.214. The zero-order chi connectivity index (χ0) is 27.2. The van der Waals surface area contributed by atoms with Crippen molar-refractivity contribution in [2.45, 2.75) is 20.3 Å². The smallest absolute Gasteiger partial charge is 0.271 e. The molecule has 4 rings (SSSR count). The first-order valence-electron chi connectivity index (χ1n) is 12.2. The minimum Gasteiger partial charge on any atom is -0.495 e. The molecule has 38 heavy (non-hydrogen) atoms. The molecule has 0 atom stereocenters. The highest BCUT2D eigenvalue weighted by molar-refractivity contribution is 6.32. The topological polar surface area (TPSA) is 97.5 Å². The van der Waals surface area contributed by atoms with Crippen molar-refractivity contribution in [2.75, 3.05) is 26.9 Å². The summed E-state index contributed by atoms with van der Waals surface area (Å²) in [5.41, 5.74) is 3.26. The van der Waals surface area contributed by atoms with Crippen LogP contribution in [0.1, 0.15) is 25.8 Å². The standard InChI is InChI=1S/C29H27ClN4O4/c1-4-38-14-8-13-33-28(35)23(19(2)24(17-31)29(33)36)15-21-18-34(22-9-6-5-7-10-22)32-27(21)20-11-12-26(37-3)25(30)16-20/h5-7,9-12,15-16,18H,4,8,13-14H2,1-3H3/b23-15+. The Bertz CT molecular complexity index is 1470. The van der Waals surface area contributed by atoms with E-state index in [1.807, 2.05) is 49.4 Å². The van der Waals surface area contributed by atoms with Gasteiger partial charge >= 0.3 is 0 Å². The molecule has 2 amide bonds. The van der Waals surface area contributed by atoms with Crippen LogP contribution in [0.4, 0.5) is 0 Å². The lowest BCUT2D eigenvalue weighted by atomic mass is 9.93. The number of hydrogen-bond donors (Lipinski definition) is 0. The van der Waals surface area contributed by atoms with E-state index in [1.165, 1.54) is 0 Å². The molecular formula is C29H27ClN4O4. The van der Waals surface area contributed by atoms with Gasteiger partial charge in [0.1, 0.15) is 23.1 Å². The molecule has 9 heteroatoms. The van der Waals surface area contributed by atoms with Crippen LogP contribution in [0.3, 0.4) is 0 Å². The van der Waals surface area contributed by atoms with Crippen molar-refractivity contribution in [1.29, 1.82) is 5.26 Å². The van der Waals surface area contributed by atoms with Crippen molar-refractivity contribution < 1.29 is 19.1 Å². The fourth-order valence-electron chi connectivity index (χ4n) is 4.20. The average Bonchev–Trinajstić information content (AvgIpc) is 3.35. The number of rotatable bonds is 9. The van der Waals surface area contributed by atoms with Crippen molar-refractivity contribution in [3.63, 3.8) is 0 Å². The number of benzene rings is 2. The van der Waals surface area contributed by atoms with Crippen molar-refractivity contribution in [3.05, 3.63) is 82.0 Å². The molecule has 0 bridgehead atoms. The van der Waals surface area contributed by atoms with Gasteiger partial charge < -0.3 is 9.47 Å². The fourth-order valence-corrected chi connectivity index (χ4v) is 4.46. The van der Waals surface area contributed by atoms with Crippen molar-refractivity contribution >= 4 is 29.5 Å². The highest BCUT2D eigenvalue weighted by Crippen LogP contribution is 2.34. The molecule has 8 nitrogen and oxygen atoms in total. The number of nitrogens with zero attached hydrogens (tertiary/aromatic N) is 4. The second kappa shape index (κ2) is 11.9. The van der Waals surface area contributed by atoms with E-state index >= 15 is 0 Å². The molecule has 0 unspecified atom stereocenters. The second-order valence-corrected chi connectivity index (χ2v) is 8.95. The first-order chi connectivity index (χ1) is 18.4. The summed E-state index contributed by atoms with van der Waals surface area (Å²) >= 11 is 6.41. The molecule has 0 spiro atoms. The molecule has 194 valence electrons. The lowest BCUT2D eigenvalue weighted by Gasteiger charge is -2.27.